The number of hydrogen-bond donors (Lipinski definition) is 0. The Balaban J connectivity index is 1.69. The van der Waals surface area contributed by atoms with Crippen LogP contribution < -0.4 is 19.6 Å². The van der Waals surface area contributed by atoms with E-state index in [4.69, 9.17) is 32.7 Å². The Kier molecular flexibility index (Phi) is 8.77. The van der Waals surface area contributed by atoms with Gasteiger partial charge in [-0.3, -0.25) is 9.36 Å². The Morgan fingerprint density at radius 2 is 1.77 bits per heavy atom. The maximum absolute atomic E-state index is 14.3. The van der Waals surface area contributed by atoms with Gasteiger partial charge in [-0.05, 0) is 55.0 Å². The molecule has 0 amide bonds. The topological polar surface area (TPSA) is 69.9 Å². The molecule has 43 heavy (non-hydrogen) atoms. The summed E-state index contributed by atoms with van der Waals surface area (Å²) in [4.78, 5) is 30.3. The highest BCUT2D eigenvalue weighted by atomic mass is 35.5. The van der Waals surface area contributed by atoms with Crippen molar-refractivity contribution in [2.45, 2.75) is 25.7 Å². The Hall–Kier alpha value is -3.93. The van der Waals surface area contributed by atoms with Gasteiger partial charge in [-0.2, -0.15) is 13.2 Å². The van der Waals surface area contributed by atoms with Crippen molar-refractivity contribution in [3.63, 3.8) is 0 Å². The summed E-state index contributed by atoms with van der Waals surface area (Å²) in [6.07, 6.45) is -3.64. The molecule has 13 heteroatoms. The number of rotatable bonds is 7. The average molecular weight is 651 g/mol. The summed E-state index contributed by atoms with van der Waals surface area (Å²) in [5.74, 6) is -1.48. The molecule has 1 aliphatic rings. The van der Waals surface area contributed by atoms with Crippen LogP contribution >= 0.6 is 34.5 Å². The van der Waals surface area contributed by atoms with Gasteiger partial charge in [0.1, 0.15) is 18.2 Å². The van der Waals surface area contributed by atoms with Crippen LogP contribution in [0.1, 0.15) is 29.7 Å². The highest BCUT2D eigenvalue weighted by Crippen LogP contribution is 2.38. The van der Waals surface area contributed by atoms with Crippen molar-refractivity contribution in [2.24, 2.45) is 4.99 Å². The van der Waals surface area contributed by atoms with E-state index < -0.39 is 40.8 Å². The molecule has 0 bridgehead atoms. The second-order valence-electron chi connectivity index (χ2n) is 9.18. The molecule has 0 unspecified atom stereocenters. The van der Waals surface area contributed by atoms with Crippen molar-refractivity contribution in [3.8, 4) is 5.75 Å². The third-order valence-electron chi connectivity index (χ3n) is 6.38. The molecule has 0 aliphatic carbocycles. The van der Waals surface area contributed by atoms with Crippen LogP contribution in [0.25, 0.3) is 6.08 Å². The number of carbonyl (C=O) groups is 1. The molecule has 5 rings (SSSR count). The fraction of sp³-hybridized carbons (Fsp3) is 0.167. The first-order chi connectivity index (χ1) is 20.5. The van der Waals surface area contributed by atoms with Crippen molar-refractivity contribution in [1.82, 2.24) is 4.57 Å². The molecule has 2 heterocycles. The summed E-state index contributed by atoms with van der Waals surface area (Å²) in [7, 11) is 0. The second-order valence-corrected chi connectivity index (χ2v) is 11.1. The fourth-order valence-corrected chi connectivity index (χ4v) is 5.77. The third kappa shape index (κ3) is 6.39. The zero-order chi connectivity index (χ0) is 30.9. The van der Waals surface area contributed by atoms with E-state index in [9.17, 15) is 27.2 Å². The predicted molar refractivity (Wildman–Crippen MR) is 154 cm³/mol. The summed E-state index contributed by atoms with van der Waals surface area (Å²) in [6, 6.07) is 14.8. The monoisotopic (exact) mass is 650 g/mol. The fourth-order valence-electron chi connectivity index (χ4n) is 4.48. The van der Waals surface area contributed by atoms with Crippen LogP contribution in [0.4, 0.5) is 17.6 Å². The van der Waals surface area contributed by atoms with Crippen LogP contribution in [0, 0.1) is 5.82 Å². The van der Waals surface area contributed by atoms with Gasteiger partial charge < -0.3 is 9.47 Å². The lowest BCUT2D eigenvalue weighted by atomic mass is 9.95. The van der Waals surface area contributed by atoms with Gasteiger partial charge in [0.05, 0.1) is 22.8 Å². The number of benzene rings is 3. The molecule has 0 radical (unpaired) electrons. The van der Waals surface area contributed by atoms with Crippen molar-refractivity contribution in [1.29, 1.82) is 0 Å². The Morgan fingerprint density at radius 1 is 1.07 bits per heavy atom. The van der Waals surface area contributed by atoms with E-state index in [0.717, 1.165) is 4.57 Å². The number of alkyl halides is 3. The minimum absolute atomic E-state index is 0.0117. The highest BCUT2D eigenvalue weighted by Gasteiger charge is 2.45. The van der Waals surface area contributed by atoms with Crippen LogP contribution in [0.15, 0.2) is 87.8 Å². The SMILES string of the molecule is CCOC(=O)C1=C(C(F)(F)F)N=c2s/c(=C\c3cc(Cl)ccc3OCc3ccccc3F)c(=O)n2[C@H]1c1ccc(Cl)cc1. The number of halogens is 6. The number of esters is 1. The summed E-state index contributed by atoms with van der Waals surface area (Å²) in [5, 5.41) is 0.595. The summed E-state index contributed by atoms with van der Waals surface area (Å²) < 4.78 is 68.9. The second kappa shape index (κ2) is 12.4. The Bertz CT molecular complexity index is 1920. The standard InChI is InChI=1S/C30H20Cl2F4N2O4S/c1-2-41-28(40)24-25(16-7-9-19(31)10-8-16)38-27(39)23(43-29(38)37-26(24)30(34,35)36)14-18-13-20(32)11-12-22(18)42-15-17-5-3-4-6-21(17)33/h3-14,25H,2,15H2,1H3/b23-14-/t25-/m0/s1. The number of carbonyl (C=O) groups excluding carboxylic acids is 1. The molecule has 0 spiro atoms. The molecule has 1 aromatic heterocycles. The molecule has 0 fully saturated rings. The lowest BCUT2D eigenvalue weighted by Gasteiger charge is -2.26. The molecule has 1 atom stereocenters. The zero-order valence-corrected chi connectivity index (χ0v) is 24.5. The molecule has 222 valence electrons. The number of thiazole rings is 1. The quantitative estimate of drug-likeness (QED) is 0.172. The number of aromatic nitrogens is 1. The van der Waals surface area contributed by atoms with E-state index in [-0.39, 0.29) is 39.4 Å². The van der Waals surface area contributed by atoms with Crippen molar-refractivity contribution < 1.29 is 31.8 Å². The largest absolute Gasteiger partial charge is 0.488 e. The van der Waals surface area contributed by atoms with E-state index >= 15 is 0 Å². The first kappa shape index (κ1) is 30.5. The van der Waals surface area contributed by atoms with Gasteiger partial charge in [-0.25, -0.2) is 14.2 Å². The molecule has 3 aromatic carbocycles. The van der Waals surface area contributed by atoms with E-state index in [1.165, 1.54) is 55.5 Å². The van der Waals surface area contributed by atoms with Crippen LogP contribution in [0.5, 0.6) is 5.75 Å². The van der Waals surface area contributed by atoms with Gasteiger partial charge in [0.15, 0.2) is 10.5 Å². The number of fused-ring (bicyclic) bond motifs is 1. The van der Waals surface area contributed by atoms with Gasteiger partial charge in [0.2, 0.25) is 0 Å². The molecule has 4 aromatic rings. The minimum Gasteiger partial charge on any atom is -0.488 e. The van der Waals surface area contributed by atoms with Crippen molar-refractivity contribution >= 4 is 46.6 Å². The first-order valence-corrected chi connectivity index (χ1v) is 14.3. The van der Waals surface area contributed by atoms with Crippen molar-refractivity contribution in [3.05, 3.63) is 130 Å². The summed E-state index contributed by atoms with van der Waals surface area (Å²) in [5.41, 5.74) is -2.21. The molecule has 0 saturated heterocycles. The normalized spacial score (nSPS) is 15.2. The molecule has 0 N–H and O–H groups in total. The van der Waals surface area contributed by atoms with Crippen LogP contribution in [0.3, 0.4) is 0 Å². The highest BCUT2D eigenvalue weighted by molar-refractivity contribution is 7.07. The van der Waals surface area contributed by atoms with Gasteiger partial charge in [-0.1, -0.05) is 64.9 Å². The number of nitrogens with zero attached hydrogens (tertiary/aromatic N) is 2. The third-order valence-corrected chi connectivity index (χ3v) is 7.85. The Morgan fingerprint density at radius 3 is 2.44 bits per heavy atom. The predicted octanol–water partition coefficient (Wildman–Crippen LogP) is 6.37. The summed E-state index contributed by atoms with van der Waals surface area (Å²) >= 11 is 12.9. The van der Waals surface area contributed by atoms with Gasteiger partial charge in [0.25, 0.3) is 5.56 Å². The molecular weight excluding hydrogens is 631 g/mol. The minimum atomic E-state index is -5.04. The first-order valence-electron chi connectivity index (χ1n) is 12.7. The maximum atomic E-state index is 14.3. The van der Waals surface area contributed by atoms with Gasteiger partial charge >= 0.3 is 12.1 Å². The average Bonchev–Trinajstić information content (AvgIpc) is 3.27. The van der Waals surface area contributed by atoms with Crippen LogP contribution in [-0.4, -0.2) is 23.3 Å². The zero-order valence-electron chi connectivity index (χ0n) is 22.1. The van der Waals surface area contributed by atoms with Gasteiger partial charge in [0, 0.05) is 21.2 Å². The molecule has 0 saturated carbocycles. The maximum Gasteiger partial charge on any atom is 0.434 e. The van der Waals surface area contributed by atoms with E-state index in [1.807, 2.05) is 0 Å². The molecular formula is C30H20Cl2F4N2O4S. The molecule has 1 aliphatic heterocycles. The van der Waals surface area contributed by atoms with E-state index in [0.29, 0.717) is 26.9 Å². The lowest BCUT2D eigenvalue weighted by Crippen LogP contribution is -2.41. The van der Waals surface area contributed by atoms with Gasteiger partial charge in [-0.15, -0.1) is 0 Å². The van der Waals surface area contributed by atoms with E-state index in [2.05, 4.69) is 4.99 Å². The Labute approximate surface area is 255 Å². The number of hydrogen-bond acceptors (Lipinski definition) is 6. The van der Waals surface area contributed by atoms with Crippen molar-refractivity contribution in [2.75, 3.05) is 6.61 Å². The smallest absolute Gasteiger partial charge is 0.434 e. The summed E-state index contributed by atoms with van der Waals surface area (Å²) in [6.45, 7) is 1.12. The van der Waals surface area contributed by atoms with Crippen LogP contribution in [-0.2, 0) is 16.1 Å². The number of ether oxygens (including phenoxy) is 2. The number of allylic oxidation sites excluding steroid dienone is 1. The molecule has 6 nitrogen and oxygen atoms in total. The lowest BCUT2D eigenvalue weighted by molar-refractivity contribution is -0.140. The van der Waals surface area contributed by atoms with E-state index in [1.54, 1.807) is 24.3 Å². The van der Waals surface area contributed by atoms with Crippen LogP contribution in [0.2, 0.25) is 10.0 Å².